The van der Waals surface area contributed by atoms with Gasteiger partial charge in [0.2, 0.25) is 5.91 Å². The van der Waals surface area contributed by atoms with Gasteiger partial charge in [0.25, 0.3) is 0 Å². The molecule has 0 saturated heterocycles. The van der Waals surface area contributed by atoms with Gasteiger partial charge in [-0.3, -0.25) is 4.79 Å². The Kier molecular flexibility index (Phi) is 5.21. The van der Waals surface area contributed by atoms with Gasteiger partial charge < -0.3 is 15.8 Å². The summed E-state index contributed by atoms with van der Waals surface area (Å²) in [6.45, 7) is 0.573. The molecule has 88 valence electrons. The number of halogens is 1. The molecule has 0 saturated carbocycles. The van der Waals surface area contributed by atoms with Crippen molar-refractivity contribution >= 4 is 33.3 Å². The molecule has 0 atom stereocenters. The summed E-state index contributed by atoms with van der Waals surface area (Å²) in [7, 11) is 1.61. The largest absolute Gasteiger partial charge is 0.397 e. The Balaban J connectivity index is 2.49. The fourth-order valence-corrected chi connectivity index (χ4v) is 1.58. The van der Waals surface area contributed by atoms with Gasteiger partial charge in [0, 0.05) is 20.1 Å². The highest BCUT2D eigenvalue weighted by molar-refractivity contribution is 9.10. The molecule has 0 radical (unpaired) electrons. The van der Waals surface area contributed by atoms with Crippen LogP contribution in [0.4, 0.5) is 11.5 Å². The molecule has 0 unspecified atom stereocenters. The number of hydrogen-bond donors (Lipinski definition) is 2. The highest BCUT2D eigenvalue weighted by Gasteiger charge is 2.06. The lowest BCUT2D eigenvalue weighted by Gasteiger charge is -2.06. The number of carbonyl (C=O) groups is 1. The van der Waals surface area contributed by atoms with Gasteiger partial charge in [0.1, 0.15) is 5.82 Å². The average Bonchev–Trinajstić information content (AvgIpc) is 2.23. The molecule has 0 aliphatic heterocycles. The minimum Gasteiger partial charge on any atom is -0.397 e. The normalized spacial score (nSPS) is 10.1. The summed E-state index contributed by atoms with van der Waals surface area (Å²) in [5.74, 6) is 0.395. The number of aromatic nitrogens is 1. The molecule has 1 aromatic heterocycles. The highest BCUT2D eigenvalue weighted by Crippen LogP contribution is 2.21. The lowest BCUT2D eigenvalue weighted by atomic mass is 10.3. The fraction of sp³-hybridized carbons (Fsp3) is 0.400. The number of amides is 1. The van der Waals surface area contributed by atoms with Gasteiger partial charge in [0.15, 0.2) is 0 Å². The Labute approximate surface area is 103 Å². The van der Waals surface area contributed by atoms with Gasteiger partial charge >= 0.3 is 0 Å². The molecule has 0 aromatic carbocycles. The average molecular weight is 288 g/mol. The lowest BCUT2D eigenvalue weighted by Crippen LogP contribution is -2.13. The van der Waals surface area contributed by atoms with Crippen LogP contribution in [0.1, 0.15) is 12.8 Å². The van der Waals surface area contributed by atoms with Crippen LogP contribution in [-0.4, -0.2) is 24.6 Å². The smallest absolute Gasteiger partial charge is 0.225 e. The number of ether oxygens (including phenoxy) is 1. The number of rotatable bonds is 5. The molecule has 0 aliphatic rings. The maximum atomic E-state index is 11.5. The summed E-state index contributed by atoms with van der Waals surface area (Å²) < 4.78 is 5.53. The third-order valence-corrected chi connectivity index (χ3v) is 2.48. The van der Waals surface area contributed by atoms with Gasteiger partial charge in [0.05, 0.1) is 16.4 Å². The Morgan fingerprint density at radius 2 is 2.44 bits per heavy atom. The summed E-state index contributed by atoms with van der Waals surface area (Å²) in [4.78, 5) is 15.5. The standard InChI is InChI=1S/C10H14BrN3O2/c1-16-4-2-3-9(15)14-10-8(11)5-7(12)6-13-10/h5-6H,2-4,12H2,1H3,(H,13,14,15). The SMILES string of the molecule is COCCCC(=O)Nc1ncc(N)cc1Br. The second-order valence-corrected chi connectivity index (χ2v) is 4.10. The van der Waals surface area contributed by atoms with Crippen molar-refractivity contribution in [2.75, 3.05) is 24.8 Å². The monoisotopic (exact) mass is 287 g/mol. The molecule has 0 bridgehead atoms. The van der Waals surface area contributed by atoms with Crippen molar-refractivity contribution in [1.82, 2.24) is 4.98 Å². The molecule has 1 aromatic rings. The van der Waals surface area contributed by atoms with Crippen LogP contribution in [0, 0.1) is 0 Å². The first-order valence-corrected chi connectivity index (χ1v) is 5.62. The zero-order valence-corrected chi connectivity index (χ0v) is 10.6. The predicted octanol–water partition coefficient (Wildman–Crippen LogP) is 1.79. The molecule has 1 amide bonds. The minimum atomic E-state index is -0.0879. The molecule has 0 spiro atoms. The van der Waals surface area contributed by atoms with E-state index in [0.29, 0.717) is 35.4 Å². The number of nitrogens with two attached hydrogens (primary N) is 1. The van der Waals surface area contributed by atoms with Crippen molar-refractivity contribution in [1.29, 1.82) is 0 Å². The zero-order chi connectivity index (χ0) is 12.0. The van der Waals surface area contributed by atoms with Crippen molar-refractivity contribution in [3.05, 3.63) is 16.7 Å². The van der Waals surface area contributed by atoms with Crippen LogP contribution in [0.5, 0.6) is 0 Å². The van der Waals surface area contributed by atoms with Gasteiger partial charge in [-0.15, -0.1) is 0 Å². The second-order valence-electron chi connectivity index (χ2n) is 3.24. The van der Waals surface area contributed by atoms with Crippen molar-refractivity contribution in [2.24, 2.45) is 0 Å². The molecular weight excluding hydrogens is 274 g/mol. The number of hydrogen-bond acceptors (Lipinski definition) is 4. The van der Waals surface area contributed by atoms with E-state index in [1.807, 2.05) is 0 Å². The van der Waals surface area contributed by atoms with Gasteiger partial charge in [-0.2, -0.15) is 0 Å². The molecule has 1 rings (SSSR count). The Morgan fingerprint density at radius 3 is 3.06 bits per heavy atom. The van der Waals surface area contributed by atoms with Crippen molar-refractivity contribution < 1.29 is 9.53 Å². The summed E-state index contributed by atoms with van der Waals surface area (Å²) in [5.41, 5.74) is 6.08. The van der Waals surface area contributed by atoms with E-state index in [-0.39, 0.29) is 5.91 Å². The maximum Gasteiger partial charge on any atom is 0.225 e. The van der Waals surface area contributed by atoms with Gasteiger partial charge in [-0.25, -0.2) is 4.98 Å². The van der Waals surface area contributed by atoms with Crippen molar-refractivity contribution in [3.8, 4) is 0 Å². The number of pyridine rings is 1. The van der Waals surface area contributed by atoms with Crippen molar-refractivity contribution in [3.63, 3.8) is 0 Å². The summed E-state index contributed by atoms with van der Waals surface area (Å²) in [6.07, 6.45) is 2.59. The zero-order valence-electron chi connectivity index (χ0n) is 9.00. The number of nitrogens with zero attached hydrogens (tertiary/aromatic N) is 1. The summed E-state index contributed by atoms with van der Waals surface area (Å²) >= 11 is 3.28. The first kappa shape index (κ1) is 12.9. The number of anilines is 2. The molecule has 0 fully saturated rings. The Morgan fingerprint density at radius 1 is 1.69 bits per heavy atom. The third kappa shape index (κ3) is 4.16. The molecule has 16 heavy (non-hydrogen) atoms. The van der Waals surface area contributed by atoms with Crippen LogP contribution < -0.4 is 11.1 Å². The van der Waals surface area contributed by atoms with Crippen LogP contribution >= 0.6 is 15.9 Å². The van der Waals surface area contributed by atoms with E-state index in [1.165, 1.54) is 6.20 Å². The predicted molar refractivity (Wildman–Crippen MR) is 66.1 cm³/mol. The summed E-state index contributed by atoms with van der Waals surface area (Å²) in [6, 6.07) is 1.69. The topological polar surface area (TPSA) is 77.2 Å². The lowest BCUT2D eigenvalue weighted by molar-refractivity contribution is -0.116. The van der Waals surface area contributed by atoms with Crippen LogP contribution in [0.15, 0.2) is 16.7 Å². The van der Waals surface area contributed by atoms with E-state index in [1.54, 1.807) is 13.2 Å². The Hall–Kier alpha value is -1.14. The quantitative estimate of drug-likeness (QED) is 0.810. The van der Waals surface area contributed by atoms with E-state index < -0.39 is 0 Å². The number of carbonyl (C=O) groups excluding carboxylic acids is 1. The van der Waals surface area contributed by atoms with Crippen molar-refractivity contribution in [2.45, 2.75) is 12.8 Å². The van der Waals surface area contributed by atoms with E-state index in [2.05, 4.69) is 26.2 Å². The Bertz CT molecular complexity index is 371. The van der Waals surface area contributed by atoms with Crippen LogP contribution in [0.25, 0.3) is 0 Å². The van der Waals surface area contributed by atoms with Crippen LogP contribution in [-0.2, 0) is 9.53 Å². The maximum absolute atomic E-state index is 11.5. The molecule has 0 aliphatic carbocycles. The van der Waals surface area contributed by atoms with Gasteiger partial charge in [-0.1, -0.05) is 0 Å². The van der Waals surface area contributed by atoms with E-state index in [4.69, 9.17) is 10.5 Å². The first-order valence-electron chi connectivity index (χ1n) is 4.83. The molecule has 6 heteroatoms. The third-order valence-electron chi connectivity index (χ3n) is 1.87. The number of nitrogen functional groups attached to an aromatic ring is 1. The molecule has 5 nitrogen and oxygen atoms in total. The fourth-order valence-electron chi connectivity index (χ4n) is 1.12. The first-order chi connectivity index (χ1) is 7.63. The second kappa shape index (κ2) is 6.44. The highest BCUT2D eigenvalue weighted by atomic mass is 79.9. The number of nitrogens with one attached hydrogen (secondary N) is 1. The minimum absolute atomic E-state index is 0.0879. The van der Waals surface area contributed by atoms with Crippen LogP contribution in [0.2, 0.25) is 0 Å². The summed E-state index contributed by atoms with van der Waals surface area (Å²) in [5, 5.41) is 2.69. The molecular formula is C10H14BrN3O2. The molecule has 3 N–H and O–H groups in total. The van der Waals surface area contributed by atoms with E-state index in [9.17, 15) is 4.79 Å². The van der Waals surface area contributed by atoms with Crippen LogP contribution in [0.3, 0.4) is 0 Å². The molecule has 1 heterocycles. The number of methoxy groups -OCH3 is 1. The van der Waals surface area contributed by atoms with Gasteiger partial charge in [-0.05, 0) is 28.4 Å². The van der Waals surface area contributed by atoms with E-state index in [0.717, 1.165) is 0 Å². The van der Waals surface area contributed by atoms with E-state index >= 15 is 0 Å².